The van der Waals surface area contributed by atoms with E-state index in [4.69, 9.17) is 4.74 Å². The van der Waals surface area contributed by atoms with E-state index >= 15 is 0 Å². The lowest BCUT2D eigenvalue weighted by atomic mass is 10.2. The van der Waals surface area contributed by atoms with E-state index in [0.29, 0.717) is 0 Å². The van der Waals surface area contributed by atoms with Gasteiger partial charge in [-0.25, -0.2) is 4.39 Å². The van der Waals surface area contributed by atoms with Gasteiger partial charge in [-0.2, -0.15) is 21.6 Å². The van der Waals surface area contributed by atoms with Crippen molar-refractivity contribution in [1.82, 2.24) is 0 Å². The summed E-state index contributed by atoms with van der Waals surface area (Å²) in [5.41, 5.74) is -6.30. The highest BCUT2D eigenvalue weighted by atomic mass is 32.2. The molecular formula is C8H14F4O4S. The lowest BCUT2D eigenvalue weighted by molar-refractivity contribution is -0.0729. The topological polar surface area (TPSA) is 52.6 Å². The zero-order valence-corrected chi connectivity index (χ0v) is 10.4. The van der Waals surface area contributed by atoms with Crippen LogP contribution in [-0.2, 0) is 19.0 Å². The van der Waals surface area contributed by atoms with Crippen molar-refractivity contribution in [3.8, 4) is 0 Å². The van der Waals surface area contributed by atoms with Crippen molar-refractivity contribution in [2.24, 2.45) is 0 Å². The summed E-state index contributed by atoms with van der Waals surface area (Å²) in [6.07, 6.45) is -1.80. The largest absolute Gasteiger partial charge is 0.523 e. The molecule has 0 saturated carbocycles. The average molecular weight is 282 g/mol. The minimum atomic E-state index is -5.80. The first kappa shape index (κ1) is 16.6. The molecule has 0 saturated heterocycles. The second-order valence-electron chi connectivity index (χ2n) is 4.20. The Morgan fingerprint density at radius 1 is 1.18 bits per heavy atom. The standard InChI is InChI=1S/C8H14F4O4S/c1-7(2,3)15-5-6(4-9)16-17(13,14)8(10,11)12/h6H,4-5H2,1-3H3. The van der Waals surface area contributed by atoms with Crippen LogP contribution in [0.15, 0.2) is 0 Å². The van der Waals surface area contributed by atoms with Gasteiger partial charge in [-0.05, 0) is 20.8 Å². The van der Waals surface area contributed by atoms with Crippen molar-refractivity contribution in [2.75, 3.05) is 13.3 Å². The van der Waals surface area contributed by atoms with Crippen LogP contribution in [0, 0.1) is 0 Å². The van der Waals surface area contributed by atoms with Gasteiger partial charge in [0.25, 0.3) is 0 Å². The van der Waals surface area contributed by atoms with Gasteiger partial charge in [0, 0.05) is 0 Å². The smallest absolute Gasteiger partial charge is 0.373 e. The van der Waals surface area contributed by atoms with Crippen LogP contribution in [0.3, 0.4) is 0 Å². The summed E-state index contributed by atoms with van der Waals surface area (Å²) in [5.74, 6) is 0. The second-order valence-corrected chi connectivity index (χ2v) is 5.76. The molecule has 0 bridgehead atoms. The van der Waals surface area contributed by atoms with Gasteiger partial charge in [0.05, 0.1) is 12.2 Å². The fourth-order valence-electron chi connectivity index (χ4n) is 0.675. The lowest BCUT2D eigenvalue weighted by Gasteiger charge is -2.23. The summed E-state index contributed by atoms with van der Waals surface area (Å²) in [6, 6.07) is 0. The van der Waals surface area contributed by atoms with Crippen LogP contribution >= 0.6 is 0 Å². The molecule has 4 nitrogen and oxygen atoms in total. The zero-order valence-electron chi connectivity index (χ0n) is 9.54. The Hall–Kier alpha value is -0.410. The fourth-order valence-corrected chi connectivity index (χ4v) is 1.25. The van der Waals surface area contributed by atoms with Crippen LogP contribution in [0.4, 0.5) is 17.6 Å². The lowest BCUT2D eigenvalue weighted by Crippen LogP contribution is -2.35. The van der Waals surface area contributed by atoms with Gasteiger partial charge in [-0.15, -0.1) is 0 Å². The fraction of sp³-hybridized carbons (Fsp3) is 1.00. The minimum Gasteiger partial charge on any atom is -0.373 e. The van der Waals surface area contributed by atoms with E-state index < -0.39 is 40.6 Å². The first-order chi connectivity index (χ1) is 7.39. The molecule has 0 aromatic rings. The van der Waals surface area contributed by atoms with Crippen molar-refractivity contribution in [1.29, 1.82) is 0 Å². The van der Waals surface area contributed by atoms with Crippen molar-refractivity contribution < 1.29 is 34.9 Å². The van der Waals surface area contributed by atoms with E-state index in [9.17, 15) is 26.0 Å². The molecule has 0 aliphatic rings. The van der Waals surface area contributed by atoms with Crippen LogP contribution in [0.2, 0.25) is 0 Å². The normalized spacial score (nSPS) is 15.9. The molecule has 0 amide bonds. The van der Waals surface area contributed by atoms with Crippen LogP contribution in [0.1, 0.15) is 20.8 Å². The number of hydrogen-bond donors (Lipinski definition) is 0. The highest BCUT2D eigenvalue weighted by molar-refractivity contribution is 7.87. The quantitative estimate of drug-likeness (QED) is 0.440. The summed E-state index contributed by atoms with van der Waals surface area (Å²) in [4.78, 5) is 0. The average Bonchev–Trinajstić information content (AvgIpc) is 2.08. The molecule has 0 rings (SSSR count). The molecule has 104 valence electrons. The second kappa shape index (κ2) is 5.49. The highest BCUT2D eigenvalue weighted by Crippen LogP contribution is 2.26. The van der Waals surface area contributed by atoms with Gasteiger partial charge in [0.1, 0.15) is 12.8 Å². The molecule has 0 aliphatic heterocycles. The first-order valence-electron chi connectivity index (χ1n) is 4.58. The van der Waals surface area contributed by atoms with Gasteiger partial charge in [-0.3, -0.25) is 4.18 Å². The van der Waals surface area contributed by atoms with Crippen LogP contribution in [-0.4, -0.2) is 38.9 Å². The van der Waals surface area contributed by atoms with Crippen LogP contribution in [0.5, 0.6) is 0 Å². The third-order valence-electron chi connectivity index (χ3n) is 1.42. The third kappa shape index (κ3) is 6.18. The summed E-state index contributed by atoms with van der Waals surface area (Å²) in [6.45, 7) is 2.77. The van der Waals surface area contributed by atoms with Gasteiger partial charge < -0.3 is 4.74 Å². The molecule has 0 aromatic carbocycles. The summed E-state index contributed by atoms with van der Waals surface area (Å²) >= 11 is 0. The van der Waals surface area contributed by atoms with E-state index in [1.165, 1.54) is 0 Å². The Balaban J connectivity index is 4.53. The van der Waals surface area contributed by atoms with Crippen LogP contribution in [0.25, 0.3) is 0 Å². The molecule has 1 atom stereocenters. The van der Waals surface area contributed by atoms with E-state index in [2.05, 4.69) is 4.18 Å². The molecular weight excluding hydrogens is 268 g/mol. The van der Waals surface area contributed by atoms with Gasteiger partial charge in [-0.1, -0.05) is 0 Å². The van der Waals surface area contributed by atoms with Crippen molar-refractivity contribution in [3.05, 3.63) is 0 Å². The highest BCUT2D eigenvalue weighted by Gasteiger charge is 2.48. The summed E-state index contributed by atoms with van der Waals surface area (Å²) < 4.78 is 77.9. The maximum absolute atomic E-state index is 12.3. The predicted octanol–water partition coefficient (Wildman–Crippen LogP) is 2.01. The SMILES string of the molecule is CC(C)(C)OCC(CF)OS(=O)(=O)C(F)(F)F. The predicted molar refractivity (Wildman–Crippen MR) is 51.5 cm³/mol. The van der Waals surface area contributed by atoms with Crippen LogP contribution < -0.4 is 0 Å². The van der Waals surface area contributed by atoms with Gasteiger partial charge >= 0.3 is 15.6 Å². The molecule has 0 radical (unpaired) electrons. The van der Waals surface area contributed by atoms with Crippen molar-refractivity contribution in [2.45, 2.75) is 38.0 Å². The monoisotopic (exact) mass is 282 g/mol. The number of hydrogen-bond acceptors (Lipinski definition) is 4. The summed E-state index contributed by atoms with van der Waals surface area (Å²) in [7, 11) is -5.80. The van der Waals surface area contributed by atoms with Gasteiger partial charge in [0.2, 0.25) is 0 Å². The molecule has 0 fully saturated rings. The van der Waals surface area contributed by atoms with Crippen molar-refractivity contribution >= 4 is 10.1 Å². The Morgan fingerprint density at radius 2 is 1.65 bits per heavy atom. The maximum Gasteiger partial charge on any atom is 0.523 e. The van der Waals surface area contributed by atoms with E-state index in [1.54, 1.807) is 20.8 Å². The van der Waals surface area contributed by atoms with E-state index in [0.717, 1.165) is 0 Å². The zero-order chi connectivity index (χ0) is 13.9. The maximum atomic E-state index is 12.3. The third-order valence-corrected chi connectivity index (χ3v) is 2.51. The van der Waals surface area contributed by atoms with Gasteiger partial charge in [0.15, 0.2) is 0 Å². The molecule has 9 heteroatoms. The molecule has 0 spiro atoms. The molecule has 0 heterocycles. The molecule has 0 aromatic heterocycles. The first-order valence-corrected chi connectivity index (χ1v) is 5.99. The number of alkyl halides is 4. The number of ether oxygens (including phenoxy) is 1. The molecule has 1 unspecified atom stereocenters. The Morgan fingerprint density at radius 3 is 1.94 bits per heavy atom. The Kier molecular flexibility index (Phi) is 5.36. The minimum absolute atomic E-state index is 0.588. The van der Waals surface area contributed by atoms with E-state index in [1.807, 2.05) is 0 Å². The van der Waals surface area contributed by atoms with Crippen molar-refractivity contribution in [3.63, 3.8) is 0 Å². The Labute approximate surface area is 97.0 Å². The van der Waals surface area contributed by atoms with E-state index in [-0.39, 0.29) is 0 Å². The molecule has 0 N–H and O–H groups in total. The number of halogens is 4. The summed E-state index contributed by atoms with van der Waals surface area (Å²) in [5, 5.41) is 0. The molecule has 0 aliphatic carbocycles. The Bertz CT molecular complexity index is 330. The number of rotatable bonds is 5. The molecule has 17 heavy (non-hydrogen) atoms.